The molecule has 2 aromatic carbocycles. The van der Waals surface area contributed by atoms with E-state index >= 15 is 0 Å². The zero-order chi connectivity index (χ0) is 21.2. The zero-order valence-corrected chi connectivity index (χ0v) is 18.6. The summed E-state index contributed by atoms with van der Waals surface area (Å²) in [6.07, 6.45) is 18.0. The van der Waals surface area contributed by atoms with Crippen molar-refractivity contribution in [1.82, 2.24) is 0 Å². The fourth-order valence-corrected chi connectivity index (χ4v) is 5.37. The molecule has 1 fully saturated rings. The van der Waals surface area contributed by atoms with E-state index in [2.05, 4.69) is 43.4 Å². The lowest BCUT2D eigenvalue weighted by molar-refractivity contribution is 0.271. The van der Waals surface area contributed by atoms with E-state index in [0.29, 0.717) is 5.56 Å². The first-order valence-electron chi connectivity index (χ1n) is 12.1. The molecular formula is C29H33FO. The van der Waals surface area contributed by atoms with Crippen LogP contribution in [0.2, 0.25) is 0 Å². The average molecular weight is 417 g/mol. The average Bonchev–Trinajstić information content (AvgIpc) is 3.15. The second-order valence-corrected chi connectivity index (χ2v) is 9.77. The molecule has 5 rings (SSSR count). The lowest BCUT2D eigenvalue weighted by Gasteiger charge is -2.26. The van der Waals surface area contributed by atoms with Gasteiger partial charge in [0.1, 0.15) is 18.2 Å². The van der Waals surface area contributed by atoms with Gasteiger partial charge in [-0.25, -0.2) is 4.39 Å². The molecule has 0 aromatic heterocycles. The molecule has 0 saturated heterocycles. The quantitative estimate of drug-likeness (QED) is 0.448. The van der Waals surface area contributed by atoms with Crippen LogP contribution in [0.5, 0.6) is 5.75 Å². The predicted molar refractivity (Wildman–Crippen MR) is 126 cm³/mol. The molecule has 2 aromatic rings. The van der Waals surface area contributed by atoms with Gasteiger partial charge in [-0.15, -0.1) is 0 Å². The second kappa shape index (κ2) is 9.02. The summed E-state index contributed by atoms with van der Waals surface area (Å²) < 4.78 is 20.8. The van der Waals surface area contributed by atoms with Crippen LogP contribution >= 0.6 is 0 Å². The van der Waals surface area contributed by atoms with E-state index in [0.717, 1.165) is 47.1 Å². The number of allylic oxidation sites excluding steroid dienone is 4. The molecule has 0 radical (unpaired) electrons. The van der Waals surface area contributed by atoms with Crippen LogP contribution in [0, 0.1) is 24.6 Å². The highest BCUT2D eigenvalue weighted by atomic mass is 19.1. The highest BCUT2D eigenvalue weighted by Crippen LogP contribution is 2.37. The standard InChI is InChI=1S/C29H33FO/c1-20-14-26(29(30)18-28(20)23-8-3-2-4-9-23)19-31-27-13-12-24-15-22(16-25(24)17-27)11-10-21-6-5-7-21/h3,8-9,12-14,17-18,21-22H,2,4-7,10-11,15-16,19H2,1H3/t22-/m0/s1. The topological polar surface area (TPSA) is 9.23 Å². The summed E-state index contributed by atoms with van der Waals surface area (Å²) in [5.74, 6) is 2.47. The van der Waals surface area contributed by atoms with E-state index < -0.39 is 0 Å². The lowest BCUT2D eigenvalue weighted by Crippen LogP contribution is -2.13. The Morgan fingerprint density at radius 3 is 2.58 bits per heavy atom. The van der Waals surface area contributed by atoms with Crippen molar-refractivity contribution in [3.8, 4) is 5.75 Å². The Morgan fingerprint density at radius 1 is 0.968 bits per heavy atom. The summed E-state index contributed by atoms with van der Waals surface area (Å²) >= 11 is 0. The van der Waals surface area contributed by atoms with Gasteiger partial charge in [0.15, 0.2) is 0 Å². The van der Waals surface area contributed by atoms with Crippen LogP contribution in [0.25, 0.3) is 5.57 Å². The van der Waals surface area contributed by atoms with Gasteiger partial charge >= 0.3 is 0 Å². The predicted octanol–water partition coefficient (Wildman–Crippen LogP) is 7.74. The Labute approximate surface area is 186 Å². The first-order valence-corrected chi connectivity index (χ1v) is 12.1. The Morgan fingerprint density at radius 2 is 1.81 bits per heavy atom. The van der Waals surface area contributed by atoms with Crippen LogP contribution < -0.4 is 4.74 Å². The molecule has 0 unspecified atom stereocenters. The number of aryl methyl sites for hydroxylation is 1. The number of hydrogen-bond donors (Lipinski definition) is 0. The summed E-state index contributed by atoms with van der Waals surface area (Å²) in [4.78, 5) is 0. The normalized spacial score (nSPS) is 20.3. The summed E-state index contributed by atoms with van der Waals surface area (Å²) in [7, 11) is 0. The van der Waals surface area contributed by atoms with Gasteiger partial charge in [-0.05, 0) is 103 Å². The molecule has 1 saturated carbocycles. The van der Waals surface area contributed by atoms with Gasteiger partial charge in [-0.1, -0.05) is 50.0 Å². The molecule has 1 atom stereocenters. The third-order valence-electron chi connectivity index (χ3n) is 7.50. The van der Waals surface area contributed by atoms with Crippen molar-refractivity contribution in [1.29, 1.82) is 0 Å². The molecule has 3 aliphatic carbocycles. The number of ether oxygens (including phenoxy) is 1. The van der Waals surface area contributed by atoms with Crippen molar-refractivity contribution in [2.24, 2.45) is 11.8 Å². The molecule has 0 aliphatic heterocycles. The number of benzene rings is 2. The highest BCUT2D eigenvalue weighted by Gasteiger charge is 2.24. The van der Waals surface area contributed by atoms with Gasteiger partial charge in [0.2, 0.25) is 0 Å². The van der Waals surface area contributed by atoms with Crippen molar-refractivity contribution < 1.29 is 9.13 Å². The highest BCUT2D eigenvalue weighted by molar-refractivity contribution is 5.76. The largest absolute Gasteiger partial charge is 0.489 e. The molecule has 2 heteroatoms. The van der Waals surface area contributed by atoms with Gasteiger partial charge < -0.3 is 4.74 Å². The van der Waals surface area contributed by atoms with Crippen molar-refractivity contribution in [2.45, 2.75) is 71.3 Å². The number of halogens is 1. The number of rotatable bonds is 7. The van der Waals surface area contributed by atoms with Crippen LogP contribution in [0.15, 0.2) is 48.6 Å². The minimum atomic E-state index is -0.183. The summed E-state index contributed by atoms with van der Waals surface area (Å²) in [6.45, 7) is 2.33. The van der Waals surface area contributed by atoms with Gasteiger partial charge in [0.05, 0.1) is 0 Å². The maximum absolute atomic E-state index is 14.8. The SMILES string of the molecule is Cc1cc(COc2ccc3c(c2)C[C@@H](CCC2CCC2)C3)c(F)cc1C1=CCCC=C1. The van der Waals surface area contributed by atoms with E-state index in [1.165, 1.54) is 56.1 Å². The Bertz CT molecular complexity index is 1010. The van der Waals surface area contributed by atoms with E-state index in [1.54, 1.807) is 6.07 Å². The fourth-order valence-electron chi connectivity index (χ4n) is 5.37. The molecule has 31 heavy (non-hydrogen) atoms. The van der Waals surface area contributed by atoms with Gasteiger partial charge in [-0.3, -0.25) is 0 Å². The zero-order valence-electron chi connectivity index (χ0n) is 18.6. The van der Waals surface area contributed by atoms with Crippen LogP contribution in [0.3, 0.4) is 0 Å². The molecule has 162 valence electrons. The minimum absolute atomic E-state index is 0.183. The minimum Gasteiger partial charge on any atom is -0.489 e. The molecule has 0 bridgehead atoms. The maximum atomic E-state index is 14.8. The first kappa shape index (κ1) is 20.5. The fraction of sp³-hybridized carbons (Fsp3) is 0.448. The molecule has 1 nitrogen and oxygen atoms in total. The van der Waals surface area contributed by atoms with Crippen LogP contribution in [0.1, 0.15) is 72.8 Å². The third-order valence-corrected chi connectivity index (χ3v) is 7.50. The first-order chi connectivity index (χ1) is 15.2. The third kappa shape index (κ3) is 4.63. The van der Waals surface area contributed by atoms with Crippen LogP contribution in [-0.4, -0.2) is 0 Å². The Balaban J connectivity index is 1.21. The van der Waals surface area contributed by atoms with Gasteiger partial charge in [0, 0.05) is 5.56 Å². The monoisotopic (exact) mass is 416 g/mol. The number of hydrogen-bond acceptors (Lipinski definition) is 1. The van der Waals surface area contributed by atoms with E-state index in [4.69, 9.17) is 4.74 Å². The van der Waals surface area contributed by atoms with Crippen LogP contribution in [-0.2, 0) is 19.4 Å². The molecule has 0 spiro atoms. The van der Waals surface area contributed by atoms with Crippen molar-refractivity contribution in [3.63, 3.8) is 0 Å². The second-order valence-electron chi connectivity index (χ2n) is 9.77. The number of fused-ring (bicyclic) bond motifs is 1. The summed E-state index contributed by atoms with van der Waals surface area (Å²) in [5, 5.41) is 0. The molecule has 0 heterocycles. The van der Waals surface area contributed by atoms with Gasteiger partial charge in [-0.2, -0.15) is 0 Å². The maximum Gasteiger partial charge on any atom is 0.130 e. The lowest BCUT2D eigenvalue weighted by atomic mass is 9.80. The van der Waals surface area contributed by atoms with E-state index in [-0.39, 0.29) is 12.4 Å². The Hall–Kier alpha value is -2.35. The van der Waals surface area contributed by atoms with Crippen molar-refractivity contribution >= 4 is 5.57 Å². The molecule has 0 amide bonds. The van der Waals surface area contributed by atoms with E-state index in [9.17, 15) is 4.39 Å². The summed E-state index contributed by atoms with van der Waals surface area (Å²) in [6, 6.07) is 10.1. The van der Waals surface area contributed by atoms with Crippen molar-refractivity contribution in [2.75, 3.05) is 0 Å². The smallest absolute Gasteiger partial charge is 0.130 e. The molecule has 0 N–H and O–H groups in total. The van der Waals surface area contributed by atoms with Crippen molar-refractivity contribution in [3.05, 3.63) is 82.2 Å². The van der Waals surface area contributed by atoms with E-state index in [1.807, 2.05) is 6.07 Å². The van der Waals surface area contributed by atoms with Crippen LogP contribution in [0.4, 0.5) is 4.39 Å². The molecule has 3 aliphatic rings. The van der Waals surface area contributed by atoms with Gasteiger partial charge in [0.25, 0.3) is 0 Å². The summed E-state index contributed by atoms with van der Waals surface area (Å²) in [5.41, 5.74) is 6.75. The molecular weight excluding hydrogens is 383 g/mol. The Kier molecular flexibility index (Phi) is 5.98.